The number of oxazole rings is 1. The Morgan fingerprint density at radius 3 is 3.00 bits per heavy atom. The normalized spacial score (nSPS) is 13.7. The van der Waals surface area contributed by atoms with Crippen LogP contribution in [-0.2, 0) is 13.0 Å². The molecule has 0 unspecified atom stereocenters. The van der Waals surface area contributed by atoms with Crippen LogP contribution in [0.2, 0.25) is 0 Å². The Kier molecular flexibility index (Phi) is 3.55. The maximum absolute atomic E-state index is 12.4. The van der Waals surface area contributed by atoms with Gasteiger partial charge < -0.3 is 9.73 Å². The SMILES string of the molecule is O=C(NC(=O)c1csc2c1CCNC2)c1ccc2[nH]c(=O)oc2c1. The average molecular weight is 343 g/mol. The van der Waals surface area contributed by atoms with Crippen molar-refractivity contribution in [1.82, 2.24) is 15.6 Å². The number of rotatable bonds is 2. The lowest BCUT2D eigenvalue weighted by Crippen LogP contribution is -2.32. The molecule has 1 aliphatic rings. The largest absolute Gasteiger partial charge is 0.417 e. The molecule has 0 fully saturated rings. The van der Waals surface area contributed by atoms with Crippen molar-refractivity contribution >= 4 is 34.3 Å². The molecule has 1 aromatic carbocycles. The third-order valence-corrected chi connectivity index (χ3v) is 5.00. The van der Waals surface area contributed by atoms with E-state index in [9.17, 15) is 14.4 Å². The Balaban J connectivity index is 1.57. The lowest BCUT2D eigenvalue weighted by Gasteiger charge is -2.14. The van der Waals surface area contributed by atoms with E-state index in [1.165, 1.54) is 23.5 Å². The Bertz CT molecular complexity index is 1010. The van der Waals surface area contributed by atoms with E-state index in [4.69, 9.17) is 4.42 Å². The summed E-state index contributed by atoms with van der Waals surface area (Å²) in [5, 5.41) is 7.44. The summed E-state index contributed by atoms with van der Waals surface area (Å²) in [5.74, 6) is -1.52. The zero-order valence-electron chi connectivity index (χ0n) is 12.5. The summed E-state index contributed by atoms with van der Waals surface area (Å²) in [6, 6.07) is 4.53. The van der Waals surface area contributed by atoms with E-state index in [2.05, 4.69) is 15.6 Å². The summed E-state index contributed by atoms with van der Waals surface area (Å²) in [6.07, 6.45) is 0.774. The van der Waals surface area contributed by atoms with Gasteiger partial charge in [0.1, 0.15) is 0 Å². The molecule has 3 N–H and O–H groups in total. The van der Waals surface area contributed by atoms with Gasteiger partial charge in [0, 0.05) is 22.4 Å². The van der Waals surface area contributed by atoms with Gasteiger partial charge in [-0.15, -0.1) is 11.3 Å². The fraction of sp³-hybridized carbons (Fsp3) is 0.188. The summed E-state index contributed by atoms with van der Waals surface area (Å²) >= 11 is 1.52. The molecule has 0 saturated heterocycles. The standard InChI is InChI=1S/C16H13N3O4S/c20-14(8-1-2-11-12(5-8)23-16(22)18-11)19-15(21)10-7-24-13-6-17-4-3-9(10)13/h1-2,5,7,17H,3-4,6H2,(H,18,22)(H,19,20,21). The van der Waals surface area contributed by atoms with E-state index >= 15 is 0 Å². The van der Waals surface area contributed by atoms with E-state index in [1.54, 1.807) is 11.4 Å². The van der Waals surface area contributed by atoms with Crippen molar-refractivity contribution in [2.24, 2.45) is 0 Å². The zero-order valence-corrected chi connectivity index (χ0v) is 13.3. The van der Waals surface area contributed by atoms with Crippen LogP contribution in [0, 0.1) is 0 Å². The molecule has 0 radical (unpaired) electrons. The third-order valence-electron chi connectivity index (χ3n) is 3.97. The number of imide groups is 1. The fourth-order valence-corrected chi connectivity index (χ4v) is 3.83. The first-order valence-electron chi connectivity index (χ1n) is 7.40. The van der Waals surface area contributed by atoms with Crippen LogP contribution >= 0.6 is 11.3 Å². The Labute approximate surface area is 139 Å². The number of thiophene rings is 1. The van der Waals surface area contributed by atoms with Gasteiger partial charge in [-0.05, 0) is 36.7 Å². The number of carbonyl (C=O) groups excluding carboxylic acids is 2. The summed E-state index contributed by atoms with van der Waals surface area (Å²) in [7, 11) is 0. The molecule has 2 aromatic heterocycles. The van der Waals surface area contributed by atoms with Gasteiger partial charge >= 0.3 is 5.76 Å². The minimum atomic E-state index is -0.586. The van der Waals surface area contributed by atoms with Gasteiger partial charge in [0.05, 0.1) is 11.1 Å². The van der Waals surface area contributed by atoms with Crippen LogP contribution < -0.4 is 16.4 Å². The number of aromatic nitrogens is 1. The van der Waals surface area contributed by atoms with Crippen molar-refractivity contribution in [3.05, 3.63) is 55.7 Å². The van der Waals surface area contributed by atoms with Crippen LogP contribution in [-0.4, -0.2) is 23.3 Å². The average Bonchev–Trinajstić information content (AvgIpc) is 3.16. The van der Waals surface area contributed by atoms with Crippen molar-refractivity contribution < 1.29 is 14.0 Å². The first-order chi connectivity index (χ1) is 11.6. The van der Waals surface area contributed by atoms with Gasteiger partial charge in [-0.2, -0.15) is 0 Å². The highest BCUT2D eigenvalue weighted by atomic mass is 32.1. The number of amides is 2. The molecular formula is C16H13N3O4S. The van der Waals surface area contributed by atoms with Crippen molar-refractivity contribution in [2.45, 2.75) is 13.0 Å². The van der Waals surface area contributed by atoms with Crippen LogP contribution in [0.3, 0.4) is 0 Å². The minimum absolute atomic E-state index is 0.254. The predicted octanol–water partition coefficient (Wildman–Crippen LogP) is 1.40. The smallest absolute Gasteiger partial charge is 0.408 e. The predicted molar refractivity (Wildman–Crippen MR) is 88.4 cm³/mol. The summed E-state index contributed by atoms with van der Waals surface area (Å²) in [6.45, 7) is 1.57. The van der Waals surface area contributed by atoms with Crippen molar-refractivity contribution in [2.75, 3.05) is 6.54 Å². The van der Waals surface area contributed by atoms with Crippen LogP contribution in [0.1, 0.15) is 31.2 Å². The minimum Gasteiger partial charge on any atom is -0.408 e. The number of hydrogen-bond acceptors (Lipinski definition) is 6. The molecule has 7 nitrogen and oxygen atoms in total. The number of carbonyl (C=O) groups is 2. The molecule has 1 aliphatic heterocycles. The number of fused-ring (bicyclic) bond motifs is 2. The first kappa shape index (κ1) is 14.9. The van der Waals surface area contributed by atoms with Gasteiger partial charge in [-0.25, -0.2) is 4.79 Å². The maximum atomic E-state index is 12.4. The van der Waals surface area contributed by atoms with Gasteiger partial charge in [-0.3, -0.25) is 19.9 Å². The highest BCUT2D eigenvalue weighted by Gasteiger charge is 2.21. The number of hydrogen-bond donors (Lipinski definition) is 3. The molecule has 0 atom stereocenters. The van der Waals surface area contributed by atoms with Crippen molar-refractivity contribution in [3.8, 4) is 0 Å². The molecule has 0 aliphatic carbocycles. The second-order valence-electron chi connectivity index (χ2n) is 5.49. The van der Waals surface area contributed by atoms with Gasteiger partial charge in [0.15, 0.2) is 5.58 Å². The Morgan fingerprint density at radius 2 is 2.12 bits per heavy atom. The fourth-order valence-electron chi connectivity index (χ4n) is 2.78. The number of H-pyrrole nitrogens is 1. The van der Waals surface area contributed by atoms with Crippen LogP contribution in [0.5, 0.6) is 0 Å². The molecule has 0 spiro atoms. The molecule has 3 heterocycles. The van der Waals surface area contributed by atoms with E-state index in [0.717, 1.165) is 30.0 Å². The van der Waals surface area contributed by atoms with E-state index in [1.807, 2.05) is 0 Å². The highest BCUT2D eigenvalue weighted by molar-refractivity contribution is 7.10. The van der Waals surface area contributed by atoms with Gasteiger partial charge in [-0.1, -0.05) is 0 Å². The van der Waals surface area contributed by atoms with E-state index in [0.29, 0.717) is 11.1 Å². The molecule has 122 valence electrons. The number of benzene rings is 1. The molecule has 0 saturated carbocycles. The Hall–Kier alpha value is -2.71. The highest BCUT2D eigenvalue weighted by Crippen LogP contribution is 2.25. The lowest BCUT2D eigenvalue weighted by molar-refractivity contribution is 0.0849. The van der Waals surface area contributed by atoms with Gasteiger partial charge in [0.25, 0.3) is 11.8 Å². The van der Waals surface area contributed by atoms with E-state index < -0.39 is 17.6 Å². The van der Waals surface area contributed by atoms with Crippen molar-refractivity contribution in [3.63, 3.8) is 0 Å². The van der Waals surface area contributed by atoms with Crippen LogP contribution in [0.25, 0.3) is 11.1 Å². The Morgan fingerprint density at radius 1 is 1.25 bits per heavy atom. The maximum Gasteiger partial charge on any atom is 0.417 e. The molecule has 4 rings (SSSR count). The van der Waals surface area contributed by atoms with Crippen LogP contribution in [0.15, 0.2) is 32.8 Å². The third kappa shape index (κ3) is 2.55. The number of nitrogens with one attached hydrogen (secondary N) is 3. The monoisotopic (exact) mass is 343 g/mol. The first-order valence-corrected chi connectivity index (χ1v) is 8.28. The molecule has 2 amide bonds. The molecular weight excluding hydrogens is 330 g/mol. The molecule has 8 heteroatoms. The van der Waals surface area contributed by atoms with Crippen molar-refractivity contribution in [1.29, 1.82) is 0 Å². The second-order valence-corrected chi connectivity index (χ2v) is 6.45. The second kappa shape index (κ2) is 5.73. The summed E-state index contributed by atoms with van der Waals surface area (Å²) < 4.78 is 4.93. The van der Waals surface area contributed by atoms with E-state index in [-0.39, 0.29) is 11.1 Å². The molecule has 3 aromatic rings. The molecule has 24 heavy (non-hydrogen) atoms. The lowest BCUT2D eigenvalue weighted by atomic mass is 10.0. The summed E-state index contributed by atoms with van der Waals surface area (Å²) in [4.78, 5) is 39.5. The van der Waals surface area contributed by atoms with Crippen LogP contribution in [0.4, 0.5) is 0 Å². The number of aromatic amines is 1. The quantitative estimate of drug-likeness (QED) is 0.610. The van der Waals surface area contributed by atoms with Gasteiger partial charge in [0.2, 0.25) is 0 Å². The topological polar surface area (TPSA) is 104 Å². The summed E-state index contributed by atoms with van der Waals surface area (Å²) in [5.41, 5.74) is 2.60. The molecule has 0 bridgehead atoms. The zero-order chi connectivity index (χ0) is 16.7.